The summed E-state index contributed by atoms with van der Waals surface area (Å²) < 4.78 is 11.9. The van der Waals surface area contributed by atoms with E-state index in [-0.39, 0.29) is 6.67 Å². The molecule has 1 aliphatic carbocycles. The predicted octanol–water partition coefficient (Wildman–Crippen LogP) is 3.17. The van der Waals surface area contributed by atoms with Gasteiger partial charge in [-0.25, -0.2) is 0 Å². The highest BCUT2D eigenvalue weighted by molar-refractivity contribution is 4.69. The Morgan fingerprint density at radius 2 is 1.80 bits per heavy atom. The zero-order valence-electron chi connectivity index (χ0n) is 6.78. The molecule has 1 saturated carbocycles. The van der Waals surface area contributed by atoms with Gasteiger partial charge in [0.2, 0.25) is 0 Å². The minimum Gasteiger partial charge on any atom is -0.251 e. The van der Waals surface area contributed by atoms with E-state index < -0.39 is 0 Å². The third kappa shape index (κ3) is 2.28. The van der Waals surface area contributed by atoms with E-state index in [2.05, 4.69) is 6.92 Å². The van der Waals surface area contributed by atoms with E-state index in [1.165, 1.54) is 25.7 Å². The fraction of sp³-hybridized carbons (Fsp3) is 1.00. The topological polar surface area (TPSA) is 0 Å². The molecule has 0 nitrogen and oxygen atoms in total. The van der Waals surface area contributed by atoms with Crippen molar-refractivity contribution in [3.63, 3.8) is 0 Å². The van der Waals surface area contributed by atoms with Gasteiger partial charge in [-0.15, -0.1) is 0 Å². The fourth-order valence-corrected chi connectivity index (χ4v) is 1.77. The van der Waals surface area contributed by atoms with Crippen molar-refractivity contribution in [1.29, 1.82) is 0 Å². The first-order valence-corrected chi connectivity index (χ1v) is 4.39. The van der Waals surface area contributed by atoms with E-state index in [1.807, 2.05) is 0 Å². The maximum absolute atomic E-state index is 11.9. The Labute approximate surface area is 62.8 Å². The minimum absolute atomic E-state index is 0.112. The van der Waals surface area contributed by atoms with Crippen molar-refractivity contribution in [1.82, 2.24) is 0 Å². The van der Waals surface area contributed by atoms with Gasteiger partial charge in [-0.3, -0.25) is 4.39 Å². The molecular formula is C9H17F. The van der Waals surface area contributed by atoms with E-state index in [0.29, 0.717) is 5.92 Å². The van der Waals surface area contributed by atoms with Crippen LogP contribution in [0.5, 0.6) is 0 Å². The normalized spacial score (nSPS) is 34.2. The smallest absolute Gasteiger partial charge is 0.0897 e. The lowest BCUT2D eigenvalue weighted by molar-refractivity contribution is 0.258. The Morgan fingerprint density at radius 3 is 2.30 bits per heavy atom. The highest BCUT2D eigenvalue weighted by Gasteiger charge is 2.17. The van der Waals surface area contributed by atoms with Gasteiger partial charge in [0.1, 0.15) is 0 Å². The molecule has 0 bridgehead atoms. The zero-order valence-corrected chi connectivity index (χ0v) is 6.78. The molecule has 0 aliphatic heterocycles. The summed E-state index contributed by atoms with van der Waals surface area (Å²) in [6, 6.07) is 0. The molecule has 1 heteroatoms. The fourth-order valence-electron chi connectivity index (χ4n) is 1.77. The first-order valence-electron chi connectivity index (χ1n) is 4.39. The van der Waals surface area contributed by atoms with E-state index in [1.54, 1.807) is 0 Å². The molecule has 0 saturated heterocycles. The summed E-state index contributed by atoms with van der Waals surface area (Å²) in [7, 11) is 0. The van der Waals surface area contributed by atoms with Crippen molar-refractivity contribution >= 4 is 0 Å². The van der Waals surface area contributed by atoms with Gasteiger partial charge in [0, 0.05) is 0 Å². The average Bonchev–Trinajstić information content (AvgIpc) is 1.95. The standard InChI is InChI=1S/C9H17F/c1-8-2-4-9(5-3-8)6-7-10/h8-9H,2-7H2,1H3. The molecule has 1 fully saturated rings. The second-order valence-corrected chi connectivity index (χ2v) is 3.60. The lowest BCUT2D eigenvalue weighted by Crippen LogP contribution is -2.12. The average molecular weight is 144 g/mol. The molecule has 0 aromatic carbocycles. The van der Waals surface area contributed by atoms with E-state index in [9.17, 15) is 4.39 Å². The van der Waals surface area contributed by atoms with Gasteiger partial charge in [0.25, 0.3) is 0 Å². The van der Waals surface area contributed by atoms with Crippen LogP contribution in [0.15, 0.2) is 0 Å². The molecule has 0 amide bonds. The molecular weight excluding hydrogens is 127 g/mol. The molecule has 0 unspecified atom stereocenters. The molecule has 10 heavy (non-hydrogen) atoms. The van der Waals surface area contributed by atoms with Crippen LogP contribution in [-0.4, -0.2) is 6.67 Å². The van der Waals surface area contributed by atoms with Gasteiger partial charge in [0.15, 0.2) is 0 Å². The van der Waals surface area contributed by atoms with Crippen LogP contribution in [0.4, 0.5) is 4.39 Å². The predicted molar refractivity (Wildman–Crippen MR) is 41.7 cm³/mol. The molecule has 0 aromatic heterocycles. The minimum atomic E-state index is -0.112. The number of rotatable bonds is 2. The second-order valence-electron chi connectivity index (χ2n) is 3.60. The Hall–Kier alpha value is -0.0700. The van der Waals surface area contributed by atoms with Crippen LogP contribution in [0.2, 0.25) is 0 Å². The molecule has 0 N–H and O–H groups in total. The highest BCUT2D eigenvalue weighted by atomic mass is 19.1. The lowest BCUT2D eigenvalue weighted by Gasteiger charge is -2.24. The molecule has 0 aromatic rings. The maximum atomic E-state index is 11.9. The van der Waals surface area contributed by atoms with Gasteiger partial charge in [-0.1, -0.05) is 32.6 Å². The summed E-state index contributed by atoms with van der Waals surface area (Å²) in [5.41, 5.74) is 0. The third-order valence-corrected chi connectivity index (χ3v) is 2.65. The van der Waals surface area contributed by atoms with Crippen LogP contribution < -0.4 is 0 Å². The number of alkyl halides is 1. The lowest BCUT2D eigenvalue weighted by atomic mass is 9.82. The van der Waals surface area contributed by atoms with Crippen LogP contribution in [0, 0.1) is 11.8 Å². The zero-order chi connectivity index (χ0) is 7.40. The van der Waals surface area contributed by atoms with Crippen LogP contribution in [0.1, 0.15) is 39.0 Å². The summed E-state index contributed by atoms with van der Waals surface area (Å²) in [5.74, 6) is 1.61. The Morgan fingerprint density at radius 1 is 1.20 bits per heavy atom. The van der Waals surface area contributed by atoms with Gasteiger partial charge in [-0.05, 0) is 18.3 Å². The van der Waals surface area contributed by atoms with Crippen molar-refractivity contribution < 1.29 is 4.39 Å². The van der Waals surface area contributed by atoms with E-state index in [0.717, 1.165) is 12.3 Å². The van der Waals surface area contributed by atoms with Gasteiger partial charge >= 0.3 is 0 Å². The van der Waals surface area contributed by atoms with Crippen molar-refractivity contribution in [3.05, 3.63) is 0 Å². The second kappa shape index (κ2) is 3.95. The number of hydrogen-bond acceptors (Lipinski definition) is 0. The van der Waals surface area contributed by atoms with Crippen LogP contribution >= 0.6 is 0 Å². The van der Waals surface area contributed by atoms with Gasteiger partial charge in [-0.2, -0.15) is 0 Å². The van der Waals surface area contributed by atoms with Gasteiger partial charge in [0.05, 0.1) is 6.67 Å². The first kappa shape index (κ1) is 8.03. The summed E-state index contributed by atoms with van der Waals surface area (Å²) >= 11 is 0. The molecule has 0 spiro atoms. The van der Waals surface area contributed by atoms with Gasteiger partial charge < -0.3 is 0 Å². The molecule has 1 aliphatic rings. The quantitative estimate of drug-likeness (QED) is 0.558. The molecule has 0 radical (unpaired) electrons. The summed E-state index contributed by atoms with van der Waals surface area (Å²) in [4.78, 5) is 0. The van der Waals surface area contributed by atoms with E-state index >= 15 is 0 Å². The van der Waals surface area contributed by atoms with Crippen LogP contribution in [0.25, 0.3) is 0 Å². The van der Waals surface area contributed by atoms with Crippen LogP contribution in [-0.2, 0) is 0 Å². The summed E-state index contributed by atoms with van der Waals surface area (Å²) in [5, 5.41) is 0. The molecule has 0 heterocycles. The maximum Gasteiger partial charge on any atom is 0.0897 e. The SMILES string of the molecule is CC1CCC(CCF)CC1. The highest BCUT2D eigenvalue weighted by Crippen LogP contribution is 2.30. The number of hydrogen-bond donors (Lipinski definition) is 0. The van der Waals surface area contributed by atoms with Crippen LogP contribution in [0.3, 0.4) is 0 Å². The monoisotopic (exact) mass is 144 g/mol. The van der Waals surface area contributed by atoms with Crippen molar-refractivity contribution in [2.45, 2.75) is 39.0 Å². The van der Waals surface area contributed by atoms with Crippen molar-refractivity contribution in [2.75, 3.05) is 6.67 Å². The Bertz CT molecular complexity index is 82.7. The van der Waals surface area contributed by atoms with E-state index in [4.69, 9.17) is 0 Å². The van der Waals surface area contributed by atoms with Crippen molar-refractivity contribution in [2.24, 2.45) is 11.8 Å². The van der Waals surface area contributed by atoms with Crippen molar-refractivity contribution in [3.8, 4) is 0 Å². The first-order chi connectivity index (χ1) is 4.83. The number of halogens is 1. The summed E-state index contributed by atoms with van der Waals surface area (Å²) in [6.07, 6.45) is 6.00. The Kier molecular flexibility index (Phi) is 3.17. The molecule has 0 atom stereocenters. The largest absolute Gasteiger partial charge is 0.251 e. The molecule has 60 valence electrons. The Balaban J connectivity index is 2.13. The molecule has 1 rings (SSSR count). The summed E-state index contributed by atoms with van der Waals surface area (Å²) in [6.45, 7) is 2.19. The third-order valence-electron chi connectivity index (χ3n) is 2.65.